The number of ether oxygens (including phenoxy) is 1. The summed E-state index contributed by atoms with van der Waals surface area (Å²) in [7, 11) is 1.52. The second kappa shape index (κ2) is 9.08. The fourth-order valence-electron chi connectivity index (χ4n) is 3.21. The number of methoxy groups -OCH3 is 1. The van der Waals surface area contributed by atoms with Crippen LogP contribution in [-0.2, 0) is 4.79 Å². The summed E-state index contributed by atoms with van der Waals surface area (Å²) in [6, 6.07) is 16.2. The van der Waals surface area contributed by atoms with Gasteiger partial charge >= 0.3 is 0 Å². The number of anilines is 1. The lowest BCUT2D eigenvalue weighted by molar-refractivity contribution is -0.112. The molecule has 0 radical (unpaired) electrons. The zero-order chi connectivity index (χ0) is 21.8. The van der Waals surface area contributed by atoms with Crippen molar-refractivity contribution in [3.8, 4) is 17.5 Å². The van der Waals surface area contributed by atoms with E-state index in [0.717, 1.165) is 22.6 Å². The van der Waals surface area contributed by atoms with Gasteiger partial charge in [-0.15, -0.1) is 0 Å². The number of aryl methyl sites for hydroxylation is 1. The maximum absolute atomic E-state index is 12.7. The Morgan fingerprint density at radius 2 is 1.90 bits per heavy atom. The van der Waals surface area contributed by atoms with Crippen LogP contribution in [0.25, 0.3) is 11.8 Å². The van der Waals surface area contributed by atoms with Gasteiger partial charge in [0.1, 0.15) is 17.4 Å². The fourth-order valence-corrected chi connectivity index (χ4v) is 3.70. The molecule has 0 fully saturated rings. The number of rotatable bonds is 5. The van der Waals surface area contributed by atoms with Gasteiger partial charge in [-0.1, -0.05) is 35.3 Å². The van der Waals surface area contributed by atoms with Crippen molar-refractivity contribution in [2.75, 3.05) is 12.4 Å². The minimum absolute atomic E-state index is 0.0247. The van der Waals surface area contributed by atoms with Crippen LogP contribution in [0, 0.1) is 25.2 Å². The largest absolute Gasteiger partial charge is 0.495 e. The summed E-state index contributed by atoms with van der Waals surface area (Å²) < 4.78 is 7.20. The third-order valence-electron chi connectivity index (χ3n) is 4.64. The van der Waals surface area contributed by atoms with Crippen LogP contribution in [0.3, 0.4) is 0 Å². The van der Waals surface area contributed by atoms with Crippen LogP contribution in [0.1, 0.15) is 17.0 Å². The van der Waals surface area contributed by atoms with Gasteiger partial charge in [-0.2, -0.15) is 5.26 Å². The van der Waals surface area contributed by atoms with Crippen LogP contribution in [0.2, 0.25) is 10.0 Å². The van der Waals surface area contributed by atoms with Gasteiger partial charge in [0.05, 0.1) is 23.5 Å². The number of nitrogens with zero attached hydrogens (tertiary/aromatic N) is 2. The molecule has 3 aromatic rings. The summed E-state index contributed by atoms with van der Waals surface area (Å²) in [4.78, 5) is 12.7. The molecule has 1 aromatic heterocycles. The molecule has 3 rings (SSSR count). The molecule has 1 N–H and O–H groups in total. The van der Waals surface area contributed by atoms with Gasteiger partial charge in [-0.25, -0.2) is 0 Å². The number of hydrogen-bond donors (Lipinski definition) is 1. The first-order valence-electron chi connectivity index (χ1n) is 9.06. The maximum atomic E-state index is 12.7. The molecule has 5 nitrogen and oxygen atoms in total. The third kappa shape index (κ3) is 4.35. The number of para-hydroxylation sites is 2. The van der Waals surface area contributed by atoms with E-state index in [1.165, 1.54) is 7.11 Å². The van der Waals surface area contributed by atoms with E-state index < -0.39 is 5.91 Å². The lowest BCUT2D eigenvalue weighted by atomic mass is 10.1. The summed E-state index contributed by atoms with van der Waals surface area (Å²) in [6.45, 7) is 3.83. The highest BCUT2D eigenvalue weighted by Gasteiger charge is 2.16. The van der Waals surface area contributed by atoms with Crippen LogP contribution in [-0.4, -0.2) is 17.6 Å². The topological polar surface area (TPSA) is 67.0 Å². The van der Waals surface area contributed by atoms with Gasteiger partial charge < -0.3 is 14.6 Å². The van der Waals surface area contributed by atoms with Crippen LogP contribution < -0.4 is 10.1 Å². The highest BCUT2D eigenvalue weighted by molar-refractivity contribution is 6.35. The summed E-state index contributed by atoms with van der Waals surface area (Å²) in [6.07, 6.45) is 1.56. The number of nitriles is 1. The number of nitrogens with one attached hydrogen (secondary N) is 1. The Morgan fingerprint density at radius 3 is 2.57 bits per heavy atom. The summed E-state index contributed by atoms with van der Waals surface area (Å²) >= 11 is 12.4. The number of carbonyl (C=O) groups is 1. The van der Waals surface area contributed by atoms with E-state index in [-0.39, 0.29) is 5.57 Å². The van der Waals surface area contributed by atoms with Crippen molar-refractivity contribution < 1.29 is 9.53 Å². The average molecular weight is 440 g/mol. The summed E-state index contributed by atoms with van der Waals surface area (Å²) in [5, 5.41) is 13.3. The van der Waals surface area contributed by atoms with Crippen molar-refractivity contribution in [1.29, 1.82) is 5.26 Å². The molecule has 0 aliphatic carbocycles. The van der Waals surface area contributed by atoms with Crippen molar-refractivity contribution in [1.82, 2.24) is 4.57 Å². The summed E-state index contributed by atoms with van der Waals surface area (Å²) in [5.74, 6) is -0.00461. The van der Waals surface area contributed by atoms with E-state index in [2.05, 4.69) is 5.32 Å². The van der Waals surface area contributed by atoms with E-state index >= 15 is 0 Å². The molecule has 2 aromatic carbocycles. The molecular formula is C23H19Cl2N3O2. The van der Waals surface area contributed by atoms with Crippen LogP contribution >= 0.6 is 23.2 Å². The first kappa shape index (κ1) is 21.5. The Morgan fingerprint density at radius 1 is 1.17 bits per heavy atom. The Bertz CT molecular complexity index is 1190. The average Bonchev–Trinajstić information content (AvgIpc) is 2.99. The monoisotopic (exact) mass is 439 g/mol. The highest BCUT2D eigenvalue weighted by Crippen LogP contribution is 2.30. The molecule has 0 saturated heterocycles. The highest BCUT2D eigenvalue weighted by atomic mass is 35.5. The van der Waals surface area contributed by atoms with Gasteiger partial charge in [-0.05, 0) is 61.9 Å². The number of aromatic nitrogens is 1. The Kier molecular flexibility index (Phi) is 6.51. The minimum Gasteiger partial charge on any atom is -0.495 e. The molecule has 0 atom stereocenters. The molecule has 0 spiro atoms. The Labute approximate surface area is 185 Å². The quantitative estimate of drug-likeness (QED) is 0.394. The van der Waals surface area contributed by atoms with Crippen LogP contribution in [0.15, 0.2) is 54.1 Å². The van der Waals surface area contributed by atoms with Crippen molar-refractivity contribution >= 4 is 40.9 Å². The minimum atomic E-state index is -0.517. The second-order valence-corrected chi connectivity index (χ2v) is 7.43. The first-order chi connectivity index (χ1) is 14.3. The van der Waals surface area contributed by atoms with Gasteiger partial charge in [0, 0.05) is 16.4 Å². The van der Waals surface area contributed by atoms with Gasteiger partial charge in [0.25, 0.3) is 5.91 Å². The SMILES string of the molecule is COc1ccccc1NC(=O)/C(C#N)=C/c1cc(C)n(-c2ccc(Cl)cc2Cl)c1C. The van der Waals surface area contributed by atoms with Crippen LogP contribution in [0.4, 0.5) is 5.69 Å². The molecule has 0 unspecified atom stereocenters. The standard InChI is InChI=1S/C23H19Cl2N3O2/c1-14-10-16(15(2)28(14)21-9-8-18(24)12-19(21)25)11-17(13-26)23(29)27-20-6-4-5-7-22(20)30-3/h4-12H,1-3H3,(H,27,29)/b17-11+. The Balaban J connectivity index is 1.97. The van der Waals surface area contributed by atoms with Crippen molar-refractivity contribution in [3.05, 3.63) is 81.1 Å². The number of hydrogen-bond acceptors (Lipinski definition) is 3. The van der Waals surface area contributed by atoms with Crippen molar-refractivity contribution in [2.24, 2.45) is 0 Å². The van der Waals surface area contributed by atoms with Crippen LogP contribution in [0.5, 0.6) is 5.75 Å². The smallest absolute Gasteiger partial charge is 0.266 e. The molecule has 1 amide bonds. The second-order valence-electron chi connectivity index (χ2n) is 6.58. The molecule has 0 bridgehead atoms. The van der Waals surface area contributed by atoms with E-state index in [9.17, 15) is 10.1 Å². The van der Waals surface area contributed by atoms with Gasteiger partial charge in [0.15, 0.2) is 0 Å². The molecule has 152 valence electrons. The maximum Gasteiger partial charge on any atom is 0.266 e. The predicted molar refractivity (Wildman–Crippen MR) is 120 cm³/mol. The Hall–Kier alpha value is -3.20. The molecular weight excluding hydrogens is 421 g/mol. The van der Waals surface area contributed by atoms with E-state index in [1.807, 2.05) is 36.6 Å². The first-order valence-corrected chi connectivity index (χ1v) is 9.81. The van der Waals surface area contributed by atoms with E-state index in [4.69, 9.17) is 27.9 Å². The lowest BCUT2D eigenvalue weighted by Crippen LogP contribution is -2.14. The third-order valence-corrected chi connectivity index (χ3v) is 5.18. The lowest BCUT2D eigenvalue weighted by Gasteiger charge is -2.12. The molecule has 0 aliphatic rings. The number of halogens is 2. The number of carbonyl (C=O) groups excluding carboxylic acids is 1. The predicted octanol–water partition coefficient (Wildman–Crippen LogP) is 5.96. The molecule has 30 heavy (non-hydrogen) atoms. The number of benzene rings is 2. The normalized spacial score (nSPS) is 11.1. The zero-order valence-corrected chi connectivity index (χ0v) is 18.2. The molecule has 7 heteroatoms. The summed E-state index contributed by atoms with van der Waals surface area (Å²) in [5.41, 5.74) is 3.73. The van der Waals surface area contributed by atoms with E-state index in [1.54, 1.807) is 42.5 Å². The zero-order valence-electron chi connectivity index (χ0n) is 16.7. The molecule has 1 heterocycles. The van der Waals surface area contributed by atoms with E-state index in [0.29, 0.717) is 21.5 Å². The number of amides is 1. The van der Waals surface area contributed by atoms with Crippen molar-refractivity contribution in [3.63, 3.8) is 0 Å². The van der Waals surface area contributed by atoms with Gasteiger partial charge in [-0.3, -0.25) is 4.79 Å². The molecule has 0 aliphatic heterocycles. The van der Waals surface area contributed by atoms with Gasteiger partial charge in [0.2, 0.25) is 0 Å². The fraction of sp³-hybridized carbons (Fsp3) is 0.130. The molecule has 0 saturated carbocycles. The van der Waals surface area contributed by atoms with Crippen molar-refractivity contribution in [2.45, 2.75) is 13.8 Å².